The van der Waals surface area contributed by atoms with Crippen molar-refractivity contribution in [1.82, 2.24) is 0 Å². The largest absolute Gasteiger partial charge is 0.490 e. The van der Waals surface area contributed by atoms with Gasteiger partial charge in [0, 0.05) is 11.1 Å². The van der Waals surface area contributed by atoms with Crippen LogP contribution in [0.2, 0.25) is 0 Å². The van der Waals surface area contributed by atoms with E-state index in [9.17, 15) is 18.3 Å². The van der Waals surface area contributed by atoms with E-state index in [0.29, 0.717) is 46.5 Å². The van der Waals surface area contributed by atoms with E-state index in [1.165, 1.54) is 6.07 Å². The maximum atomic E-state index is 15.4. The number of halogens is 1. The van der Waals surface area contributed by atoms with Gasteiger partial charge in [0.15, 0.2) is 17.7 Å². The molecule has 220 valence electrons. The first-order valence-electron chi connectivity index (χ1n) is 14.2. The van der Waals surface area contributed by atoms with Gasteiger partial charge in [0.1, 0.15) is 0 Å². The van der Waals surface area contributed by atoms with Crippen molar-refractivity contribution in [2.24, 2.45) is 5.92 Å². The number of ether oxygens (including phenoxy) is 2. The standard InChI is InChI=1S/C31H42FNO6S/c1-18-15-25(33-40(36,37)17-21-11-8-7-9-12-21)20(3)27(29(30(34)35)39-31(4,5)6)26(18)23-16-24(32)28-22(19(23)2)13-10-14-38-28/h15-16,21,29,33H,7-14,17H2,1-6H3,(H,34,35)/t29-/m0/s1. The van der Waals surface area contributed by atoms with Crippen LogP contribution in [0.5, 0.6) is 5.75 Å². The molecule has 2 aliphatic rings. The molecule has 1 heterocycles. The summed E-state index contributed by atoms with van der Waals surface area (Å²) in [4.78, 5) is 12.7. The number of benzene rings is 2. The van der Waals surface area contributed by atoms with Gasteiger partial charge in [-0.3, -0.25) is 4.72 Å². The van der Waals surface area contributed by atoms with Crippen molar-refractivity contribution in [1.29, 1.82) is 0 Å². The van der Waals surface area contributed by atoms with Crippen molar-refractivity contribution in [3.05, 3.63) is 45.8 Å². The number of aryl methyl sites for hydroxylation is 1. The number of aliphatic carboxylic acids is 1. The summed E-state index contributed by atoms with van der Waals surface area (Å²) in [6.45, 7) is 11.1. The predicted octanol–water partition coefficient (Wildman–Crippen LogP) is 7.01. The van der Waals surface area contributed by atoms with E-state index in [0.717, 1.165) is 49.7 Å². The molecule has 0 amide bonds. The number of fused-ring (bicyclic) bond motifs is 1. The molecule has 0 saturated heterocycles. The van der Waals surface area contributed by atoms with Crippen LogP contribution in [-0.2, 0) is 26.0 Å². The number of anilines is 1. The summed E-state index contributed by atoms with van der Waals surface area (Å²) in [5, 5.41) is 10.4. The van der Waals surface area contributed by atoms with Gasteiger partial charge in [-0.15, -0.1) is 0 Å². The van der Waals surface area contributed by atoms with E-state index in [4.69, 9.17) is 9.47 Å². The lowest BCUT2D eigenvalue weighted by molar-refractivity contribution is -0.160. The molecule has 0 aromatic heterocycles. The average Bonchev–Trinajstić information content (AvgIpc) is 2.86. The fourth-order valence-electron chi connectivity index (χ4n) is 6.11. The van der Waals surface area contributed by atoms with Gasteiger partial charge in [-0.05, 0) is 113 Å². The second kappa shape index (κ2) is 11.7. The Balaban J connectivity index is 1.90. The van der Waals surface area contributed by atoms with Gasteiger partial charge >= 0.3 is 5.97 Å². The van der Waals surface area contributed by atoms with Crippen LogP contribution in [0.4, 0.5) is 10.1 Å². The van der Waals surface area contributed by atoms with Crippen molar-refractivity contribution in [3.63, 3.8) is 0 Å². The van der Waals surface area contributed by atoms with Crippen molar-refractivity contribution < 1.29 is 32.2 Å². The molecule has 1 aliphatic carbocycles. The first-order chi connectivity index (χ1) is 18.7. The summed E-state index contributed by atoms with van der Waals surface area (Å²) in [6.07, 6.45) is 4.96. The maximum Gasteiger partial charge on any atom is 0.337 e. The van der Waals surface area contributed by atoms with Crippen LogP contribution in [0.1, 0.15) is 93.2 Å². The van der Waals surface area contributed by atoms with Gasteiger partial charge in [0.2, 0.25) is 10.0 Å². The van der Waals surface area contributed by atoms with Crippen molar-refractivity contribution in [2.45, 2.75) is 98.2 Å². The van der Waals surface area contributed by atoms with Crippen molar-refractivity contribution in [3.8, 4) is 16.9 Å². The van der Waals surface area contributed by atoms with Gasteiger partial charge in [-0.25, -0.2) is 17.6 Å². The van der Waals surface area contributed by atoms with Gasteiger partial charge in [-0.1, -0.05) is 19.3 Å². The number of hydrogen-bond acceptors (Lipinski definition) is 5. The Morgan fingerprint density at radius 1 is 1.12 bits per heavy atom. The summed E-state index contributed by atoms with van der Waals surface area (Å²) in [5.74, 6) is -1.33. The topological polar surface area (TPSA) is 102 Å². The molecule has 0 bridgehead atoms. The third kappa shape index (κ3) is 6.62. The number of rotatable bonds is 8. The first-order valence-corrected chi connectivity index (χ1v) is 15.8. The summed E-state index contributed by atoms with van der Waals surface area (Å²) in [6, 6.07) is 3.11. The quantitative estimate of drug-likeness (QED) is 0.351. The third-order valence-electron chi connectivity index (χ3n) is 7.94. The molecule has 0 unspecified atom stereocenters. The van der Waals surface area contributed by atoms with Crippen LogP contribution >= 0.6 is 0 Å². The molecule has 2 N–H and O–H groups in total. The van der Waals surface area contributed by atoms with Crippen LogP contribution in [-0.4, -0.2) is 37.5 Å². The lowest BCUT2D eigenvalue weighted by Crippen LogP contribution is -2.29. The molecule has 40 heavy (non-hydrogen) atoms. The van der Waals surface area contributed by atoms with Crippen LogP contribution < -0.4 is 9.46 Å². The molecule has 1 saturated carbocycles. The lowest BCUT2D eigenvalue weighted by Gasteiger charge is -2.31. The minimum atomic E-state index is -3.69. The number of carboxylic acid groups (broad SMARTS) is 1. The minimum absolute atomic E-state index is 0.0264. The molecule has 1 atom stereocenters. The Hall–Kier alpha value is -2.65. The zero-order valence-corrected chi connectivity index (χ0v) is 25.3. The van der Waals surface area contributed by atoms with E-state index in [1.807, 2.05) is 6.92 Å². The van der Waals surface area contributed by atoms with Crippen LogP contribution in [0.3, 0.4) is 0 Å². The molecule has 2 aromatic carbocycles. The fraction of sp³-hybridized carbons (Fsp3) is 0.581. The Bertz CT molecular complexity index is 1390. The molecular weight excluding hydrogens is 533 g/mol. The normalized spacial score (nSPS) is 17.2. The Morgan fingerprint density at radius 3 is 2.42 bits per heavy atom. The maximum absolute atomic E-state index is 15.4. The number of hydrogen-bond donors (Lipinski definition) is 2. The van der Waals surface area contributed by atoms with Crippen molar-refractivity contribution in [2.75, 3.05) is 17.1 Å². The Morgan fingerprint density at radius 2 is 1.80 bits per heavy atom. The van der Waals surface area contributed by atoms with Gasteiger partial charge in [0.25, 0.3) is 0 Å². The number of carbonyl (C=O) groups is 1. The molecule has 9 heteroatoms. The molecule has 7 nitrogen and oxygen atoms in total. The highest BCUT2D eigenvalue weighted by Gasteiger charge is 2.34. The second-order valence-corrected chi connectivity index (χ2v) is 14.0. The molecule has 0 radical (unpaired) electrons. The molecule has 0 spiro atoms. The molecule has 1 fully saturated rings. The zero-order valence-electron chi connectivity index (χ0n) is 24.4. The first kappa shape index (κ1) is 30.3. The third-order valence-corrected chi connectivity index (χ3v) is 9.38. The van der Waals surface area contributed by atoms with Gasteiger partial charge < -0.3 is 14.6 Å². The molecule has 2 aromatic rings. The summed E-state index contributed by atoms with van der Waals surface area (Å²) >= 11 is 0. The molecule has 1 aliphatic heterocycles. The summed E-state index contributed by atoms with van der Waals surface area (Å²) in [5.41, 5.74) is 3.55. The lowest BCUT2D eigenvalue weighted by atomic mass is 9.83. The van der Waals surface area contributed by atoms with Crippen LogP contribution in [0.15, 0.2) is 12.1 Å². The highest BCUT2D eigenvalue weighted by Crippen LogP contribution is 2.45. The van der Waals surface area contributed by atoms with E-state index in [1.54, 1.807) is 40.7 Å². The van der Waals surface area contributed by atoms with Gasteiger partial charge in [-0.2, -0.15) is 0 Å². The van der Waals surface area contributed by atoms with E-state index in [2.05, 4.69) is 4.72 Å². The fourth-order valence-corrected chi connectivity index (χ4v) is 7.69. The smallest absolute Gasteiger partial charge is 0.337 e. The SMILES string of the molecule is Cc1cc(NS(=O)(=O)CC2CCCCC2)c(C)c([C@H](OC(C)(C)C)C(=O)O)c1-c1cc(F)c2c(c1C)CCCO2. The highest BCUT2D eigenvalue weighted by molar-refractivity contribution is 7.92. The summed E-state index contributed by atoms with van der Waals surface area (Å²) in [7, 11) is -3.69. The second-order valence-electron chi connectivity index (χ2n) is 12.3. The highest BCUT2D eigenvalue weighted by atomic mass is 32.2. The van der Waals surface area contributed by atoms with Crippen LogP contribution in [0.25, 0.3) is 11.1 Å². The monoisotopic (exact) mass is 575 g/mol. The molecule has 4 rings (SSSR count). The summed E-state index contributed by atoms with van der Waals surface area (Å²) < 4.78 is 56.3. The average molecular weight is 576 g/mol. The van der Waals surface area contributed by atoms with E-state index >= 15 is 4.39 Å². The zero-order chi connectivity index (χ0) is 29.4. The Labute approximate surface area is 237 Å². The number of nitrogens with one attached hydrogen (secondary N) is 1. The van der Waals surface area contributed by atoms with Crippen LogP contribution in [0, 0.1) is 32.5 Å². The van der Waals surface area contributed by atoms with E-state index < -0.39 is 33.5 Å². The number of sulfonamides is 1. The predicted molar refractivity (Wildman–Crippen MR) is 155 cm³/mol. The Kier molecular flexibility index (Phi) is 8.85. The van der Waals surface area contributed by atoms with Gasteiger partial charge in [0.05, 0.1) is 23.6 Å². The van der Waals surface area contributed by atoms with Crippen molar-refractivity contribution >= 4 is 21.7 Å². The number of carboxylic acids is 1. The van der Waals surface area contributed by atoms with E-state index in [-0.39, 0.29) is 17.4 Å². The minimum Gasteiger partial charge on any atom is -0.490 e. The molecular formula is C31H42FNO6S.